The lowest BCUT2D eigenvalue weighted by Gasteiger charge is -2.23. The normalized spacial score (nSPS) is 23.1. The Morgan fingerprint density at radius 2 is 2.12 bits per heavy atom. The molecule has 0 N–H and O–H groups in total. The minimum atomic E-state index is -2.88. The van der Waals surface area contributed by atoms with E-state index in [-0.39, 0.29) is 23.4 Å². The molecule has 0 saturated carbocycles. The Morgan fingerprint density at radius 3 is 2.71 bits per heavy atom. The number of rotatable bonds is 3. The third-order valence-electron chi connectivity index (χ3n) is 3.21. The molecule has 1 aromatic rings. The molecule has 17 heavy (non-hydrogen) atoms. The van der Waals surface area contributed by atoms with Gasteiger partial charge < -0.3 is 0 Å². The number of hydrogen-bond acceptors (Lipinski definition) is 3. The van der Waals surface area contributed by atoms with E-state index >= 15 is 0 Å². The molecule has 0 bridgehead atoms. The first-order valence-electron chi connectivity index (χ1n) is 5.62. The van der Waals surface area contributed by atoms with Crippen LogP contribution in [0.4, 0.5) is 4.39 Å². The molecule has 1 aliphatic heterocycles. The van der Waals surface area contributed by atoms with E-state index < -0.39 is 9.84 Å². The zero-order valence-corrected chi connectivity index (χ0v) is 10.6. The summed E-state index contributed by atoms with van der Waals surface area (Å²) in [6.07, 6.45) is 0.646. The van der Waals surface area contributed by atoms with Gasteiger partial charge in [0, 0.05) is 18.2 Å². The number of halogens is 1. The maximum absolute atomic E-state index is 13.4. The Hall–Kier alpha value is -0.940. The van der Waals surface area contributed by atoms with Gasteiger partial charge in [0.2, 0.25) is 0 Å². The zero-order chi connectivity index (χ0) is 12.5. The minimum Gasteiger partial charge on any atom is -0.298 e. The molecule has 94 valence electrons. The standard InChI is InChI=1S/C12H16FNO2S/c1-14(11-6-7-17(15,16)9-11)8-10-4-2-3-5-12(10)13/h2-5,11H,6-9H2,1H3/t11-/m1/s1. The summed E-state index contributed by atoms with van der Waals surface area (Å²) >= 11 is 0. The van der Waals surface area contributed by atoms with Gasteiger partial charge in [0.05, 0.1) is 11.5 Å². The summed E-state index contributed by atoms with van der Waals surface area (Å²) in [4.78, 5) is 1.92. The van der Waals surface area contributed by atoms with Crippen LogP contribution >= 0.6 is 0 Å². The van der Waals surface area contributed by atoms with Crippen LogP contribution in [0, 0.1) is 5.82 Å². The molecule has 0 aliphatic carbocycles. The third kappa shape index (κ3) is 3.04. The van der Waals surface area contributed by atoms with E-state index in [0.717, 1.165) is 0 Å². The fraction of sp³-hybridized carbons (Fsp3) is 0.500. The highest BCUT2D eigenvalue weighted by atomic mass is 32.2. The second-order valence-electron chi connectivity index (χ2n) is 4.56. The number of hydrogen-bond donors (Lipinski definition) is 0. The Morgan fingerprint density at radius 1 is 1.41 bits per heavy atom. The summed E-state index contributed by atoms with van der Waals surface area (Å²) in [6.45, 7) is 0.451. The van der Waals surface area contributed by atoms with E-state index in [2.05, 4.69) is 0 Å². The molecular weight excluding hydrogens is 241 g/mol. The van der Waals surface area contributed by atoms with Gasteiger partial charge in [-0.2, -0.15) is 0 Å². The summed E-state index contributed by atoms with van der Waals surface area (Å²) in [6, 6.07) is 6.61. The largest absolute Gasteiger partial charge is 0.298 e. The quantitative estimate of drug-likeness (QED) is 0.822. The molecule has 1 heterocycles. The number of nitrogens with zero attached hydrogens (tertiary/aromatic N) is 1. The van der Waals surface area contributed by atoms with Crippen molar-refractivity contribution in [3.05, 3.63) is 35.6 Å². The van der Waals surface area contributed by atoms with Gasteiger partial charge in [-0.25, -0.2) is 12.8 Å². The summed E-state index contributed by atoms with van der Waals surface area (Å²) in [5.74, 6) is 0.206. The van der Waals surface area contributed by atoms with Crippen LogP contribution in [0.25, 0.3) is 0 Å². The molecule has 0 spiro atoms. The van der Waals surface area contributed by atoms with E-state index in [9.17, 15) is 12.8 Å². The first-order chi connectivity index (χ1) is 7.98. The second kappa shape index (κ2) is 4.74. The zero-order valence-electron chi connectivity index (χ0n) is 9.77. The fourth-order valence-electron chi connectivity index (χ4n) is 2.15. The first kappa shape index (κ1) is 12.5. The maximum atomic E-state index is 13.4. The highest BCUT2D eigenvalue weighted by molar-refractivity contribution is 7.91. The summed E-state index contributed by atoms with van der Waals surface area (Å²) in [7, 11) is -1.03. The predicted octanol–water partition coefficient (Wildman–Crippen LogP) is 1.44. The van der Waals surface area contributed by atoms with Gasteiger partial charge in [0.15, 0.2) is 9.84 Å². The molecular formula is C12H16FNO2S. The van der Waals surface area contributed by atoms with Crippen molar-refractivity contribution in [3.8, 4) is 0 Å². The van der Waals surface area contributed by atoms with Crippen molar-refractivity contribution in [2.45, 2.75) is 19.0 Å². The molecule has 1 fully saturated rings. The smallest absolute Gasteiger partial charge is 0.151 e. The average Bonchev–Trinajstić information content (AvgIpc) is 2.62. The molecule has 0 radical (unpaired) electrons. The van der Waals surface area contributed by atoms with E-state index in [1.807, 2.05) is 11.9 Å². The van der Waals surface area contributed by atoms with Crippen molar-refractivity contribution >= 4 is 9.84 Å². The summed E-state index contributed by atoms with van der Waals surface area (Å²) in [5.41, 5.74) is 0.610. The number of benzene rings is 1. The monoisotopic (exact) mass is 257 g/mol. The SMILES string of the molecule is CN(Cc1ccccc1F)[C@@H]1CCS(=O)(=O)C1. The molecule has 1 atom stereocenters. The molecule has 3 nitrogen and oxygen atoms in total. The minimum absolute atomic E-state index is 0.0135. The van der Waals surface area contributed by atoms with Crippen LogP contribution in [0.2, 0.25) is 0 Å². The van der Waals surface area contributed by atoms with Crippen LogP contribution in [-0.2, 0) is 16.4 Å². The van der Waals surface area contributed by atoms with Gasteiger partial charge in [-0.3, -0.25) is 4.90 Å². The average molecular weight is 257 g/mol. The van der Waals surface area contributed by atoms with Crippen molar-refractivity contribution in [3.63, 3.8) is 0 Å². The predicted molar refractivity (Wildman–Crippen MR) is 64.9 cm³/mol. The van der Waals surface area contributed by atoms with Gasteiger partial charge >= 0.3 is 0 Å². The topological polar surface area (TPSA) is 37.4 Å². The van der Waals surface area contributed by atoms with E-state index in [1.165, 1.54) is 6.07 Å². The van der Waals surface area contributed by atoms with Crippen molar-refractivity contribution in [1.29, 1.82) is 0 Å². The van der Waals surface area contributed by atoms with Gasteiger partial charge in [-0.05, 0) is 19.5 Å². The number of sulfone groups is 1. The molecule has 0 unspecified atom stereocenters. The second-order valence-corrected chi connectivity index (χ2v) is 6.79. The van der Waals surface area contributed by atoms with Crippen LogP contribution in [0.3, 0.4) is 0 Å². The molecule has 2 rings (SSSR count). The highest BCUT2D eigenvalue weighted by Crippen LogP contribution is 2.19. The molecule has 0 amide bonds. The van der Waals surface area contributed by atoms with Gasteiger partial charge in [0.1, 0.15) is 5.82 Å². The highest BCUT2D eigenvalue weighted by Gasteiger charge is 2.30. The maximum Gasteiger partial charge on any atom is 0.151 e. The van der Waals surface area contributed by atoms with Crippen LogP contribution in [0.5, 0.6) is 0 Å². The Labute approximate surface area is 101 Å². The van der Waals surface area contributed by atoms with Crippen molar-refractivity contribution < 1.29 is 12.8 Å². The molecule has 5 heteroatoms. The van der Waals surface area contributed by atoms with Gasteiger partial charge in [0.25, 0.3) is 0 Å². The lowest BCUT2D eigenvalue weighted by Crippen LogP contribution is -2.32. The lowest BCUT2D eigenvalue weighted by atomic mass is 10.1. The van der Waals surface area contributed by atoms with Crippen LogP contribution < -0.4 is 0 Å². The molecule has 0 aromatic heterocycles. The van der Waals surface area contributed by atoms with Crippen LogP contribution in [-0.4, -0.2) is 37.9 Å². The fourth-order valence-corrected chi connectivity index (χ4v) is 3.95. The first-order valence-corrected chi connectivity index (χ1v) is 7.44. The van der Waals surface area contributed by atoms with Crippen molar-refractivity contribution in [1.82, 2.24) is 4.90 Å². The van der Waals surface area contributed by atoms with Crippen molar-refractivity contribution in [2.75, 3.05) is 18.6 Å². The van der Waals surface area contributed by atoms with Gasteiger partial charge in [-0.1, -0.05) is 18.2 Å². The van der Waals surface area contributed by atoms with Crippen LogP contribution in [0.1, 0.15) is 12.0 Å². The molecule has 1 aliphatic rings. The van der Waals surface area contributed by atoms with Crippen LogP contribution in [0.15, 0.2) is 24.3 Å². The Bertz CT molecular complexity index is 501. The Kier molecular flexibility index (Phi) is 3.49. The Balaban J connectivity index is 2.03. The van der Waals surface area contributed by atoms with Crippen molar-refractivity contribution in [2.24, 2.45) is 0 Å². The van der Waals surface area contributed by atoms with E-state index in [1.54, 1.807) is 18.2 Å². The molecule has 1 aromatic carbocycles. The van der Waals surface area contributed by atoms with Gasteiger partial charge in [-0.15, -0.1) is 0 Å². The lowest BCUT2D eigenvalue weighted by molar-refractivity contribution is 0.250. The van der Waals surface area contributed by atoms with E-state index in [4.69, 9.17) is 0 Å². The van der Waals surface area contributed by atoms with E-state index in [0.29, 0.717) is 18.5 Å². The third-order valence-corrected chi connectivity index (χ3v) is 4.96. The molecule has 1 saturated heterocycles. The summed E-state index contributed by atoms with van der Waals surface area (Å²) < 4.78 is 36.2. The summed E-state index contributed by atoms with van der Waals surface area (Å²) in [5, 5.41) is 0.